The Morgan fingerprint density at radius 2 is 1.62 bits per heavy atom. The highest BCUT2D eigenvalue weighted by atomic mass is 16.6. The summed E-state index contributed by atoms with van der Waals surface area (Å²) in [5.74, 6) is 2.33. The maximum Gasteiger partial charge on any atom is 0.236 e. The number of carbonyl (C=O) groups excluding carboxylic acids is 2. The molecule has 7 heteroatoms. The van der Waals surface area contributed by atoms with Crippen molar-refractivity contribution in [1.82, 2.24) is 14.7 Å². The van der Waals surface area contributed by atoms with Crippen molar-refractivity contribution >= 4 is 11.8 Å². The van der Waals surface area contributed by atoms with Gasteiger partial charge in [-0.2, -0.15) is 0 Å². The fourth-order valence-electron chi connectivity index (χ4n) is 4.70. The Kier molecular flexibility index (Phi) is 5.08. The second kappa shape index (κ2) is 7.86. The molecule has 0 N–H and O–H groups in total. The molecule has 5 rings (SSSR count). The highest BCUT2D eigenvalue weighted by Crippen LogP contribution is 2.38. The van der Waals surface area contributed by atoms with Crippen LogP contribution >= 0.6 is 0 Å². The summed E-state index contributed by atoms with van der Waals surface area (Å²) in [6.45, 7) is 5.20. The molecule has 1 aromatic rings. The molecule has 0 bridgehead atoms. The van der Waals surface area contributed by atoms with Gasteiger partial charge in [-0.15, -0.1) is 0 Å². The molecule has 0 aromatic heterocycles. The number of fused-ring (bicyclic) bond motifs is 1. The van der Waals surface area contributed by atoms with E-state index in [2.05, 4.69) is 17.0 Å². The first-order chi connectivity index (χ1) is 14.2. The molecule has 29 heavy (non-hydrogen) atoms. The molecule has 7 nitrogen and oxygen atoms in total. The van der Waals surface area contributed by atoms with Crippen LogP contribution in [0.5, 0.6) is 11.5 Å². The Bertz CT molecular complexity index is 786. The predicted molar refractivity (Wildman–Crippen MR) is 107 cm³/mol. The first kappa shape index (κ1) is 18.7. The zero-order valence-electron chi connectivity index (χ0n) is 16.8. The first-order valence-corrected chi connectivity index (χ1v) is 10.9. The van der Waals surface area contributed by atoms with Crippen molar-refractivity contribution < 1.29 is 19.1 Å². The summed E-state index contributed by atoms with van der Waals surface area (Å²) < 4.78 is 11.4. The summed E-state index contributed by atoms with van der Waals surface area (Å²) in [5.41, 5.74) is 1.19. The molecule has 0 spiro atoms. The number of rotatable bonds is 4. The Morgan fingerprint density at radius 3 is 2.38 bits per heavy atom. The van der Waals surface area contributed by atoms with Crippen LogP contribution in [0, 0.1) is 5.92 Å². The fraction of sp³-hybridized carbons (Fsp3) is 0.636. The van der Waals surface area contributed by atoms with Gasteiger partial charge in [0, 0.05) is 38.1 Å². The molecule has 3 aliphatic heterocycles. The third-order valence-corrected chi connectivity index (χ3v) is 6.52. The summed E-state index contributed by atoms with van der Waals surface area (Å²) in [6.07, 6.45) is 4.22. The number of piperazine rings is 1. The van der Waals surface area contributed by atoms with Crippen LogP contribution in [-0.4, -0.2) is 79.0 Å². The van der Waals surface area contributed by atoms with Crippen LogP contribution < -0.4 is 9.47 Å². The lowest BCUT2D eigenvalue weighted by molar-refractivity contribution is -0.141. The van der Waals surface area contributed by atoms with E-state index in [1.54, 1.807) is 0 Å². The Hall–Kier alpha value is -2.28. The number of benzene rings is 1. The summed E-state index contributed by atoms with van der Waals surface area (Å²) in [7, 11) is 0. The second-order valence-corrected chi connectivity index (χ2v) is 8.51. The molecular weight excluding hydrogens is 370 g/mol. The van der Waals surface area contributed by atoms with Gasteiger partial charge in [-0.1, -0.05) is 6.07 Å². The molecule has 156 valence electrons. The van der Waals surface area contributed by atoms with E-state index in [-0.39, 0.29) is 23.8 Å². The molecule has 4 aliphatic rings. The van der Waals surface area contributed by atoms with E-state index in [0.717, 1.165) is 43.7 Å². The minimum Gasteiger partial charge on any atom is -0.486 e. The smallest absolute Gasteiger partial charge is 0.236 e. The van der Waals surface area contributed by atoms with Crippen LogP contribution in [0.15, 0.2) is 18.2 Å². The average Bonchev–Trinajstić information content (AvgIpc) is 3.52. The molecule has 1 unspecified atom stereocenters. The van der Waals surface area contributed by atoms with E-state index in [9.17, 15) is 9.59 Å². The average molecular weight is 399 g/mol. The van der Waals surface area contributed by atoms with Crippen molar-refractivity contribution in [2.24, 2.45) is 5.92 Å². The molecule has 2 saturated heterocycles. The Morgan fingerprint density at radius 1 is 0.897 bits per heavy atom. The monoisotopic (exact) mass is 399 g/mol. The van der Waals surface area contributed by atoms with Gasteiger partial charge in [0.2, 0.25) is 11.8 Å². The molecule has 1 aliphatic carbocycles. The molecule has 0 radical (unpaired) electrons. The Balaban J connectivity index is 1.19. The first-order valence-electron chi connectivity index (χ1n) is 10.9. The lowest BCUT2D eigenvalue weighted by Gasteiger charge is -2.36. The van der Waals surface area contributed by atoms with Gasteiger partial charge < -0.3 is 19.3 Å². The van der Waals surface area contributed by atoms with Crippen LogP contribution in [-0.2, 0) is 9.59 Å². The number of nitrogens with zero attached hydrogens (tertiary/aromatic N) is 3. The van der Waals surface area contributed by atoms with Crippen molar-refractivity contribution in [2.45, 2.75) is 31.7 Å². The van der Waals surface area contributed by atoms with Crippen LogP contribution in [0.25, 0.3) is 0 Å². The molecular formula is C22H29N3O4. The highest BCUT2D eigenvalue weighted by molar-refractivity contribution is 5.82. The van der Waals surface area contributed by atoms with E-state index in [4.69, 9.17) is 9.47 Å². The Labute approximate surface area is 171 Å². The van der Waals surface area contributed by atoms with Crippen LogP contribution in [0.3, 0.4) is 0 Å². The summed E-state index contributed by atoms with van der Waals surface area (Å²) in [4.78, 5) is 31.3. The van der Waals surface area contributed by atoms with Gasteiger partial charge in [-0.05, 0) is 49.9 Å². The van der Waals surface area contributed by atoms with Gasteiger partial charge in [-0.25, -0.2) is 0 Å². The van der Waals surface area contributed by atoms with Crippen LogP contribution in [0.1, 0.15) is 37.3 Å². The van der Waals surface area contributed by atoms with Crippen LogP contribution in [0.4, 0.5) is 0 Å². The molecule has 3 fully saturated rings. The number of ether oxygens (including phenoxy) is 2. The molecule has 2 amide bonds. The lowest BCUT2D eigenvalue weighted by atomic mass is 10.0. The SMILES string of the molecule is O=C(CN1CCCC1c1ccc2c(c1)OCCO2)N1CCN(C(=O)C2CC2)CC1. The van der Waals surface area contributed by atoms with Gasteiger partial charge >= 0.3 is 0 Å². The predicted octanol–water partition coefficient (Wildman–Crippen LogP) is 1.68. The summed E-state index contributed by atoms with van der Waals surface area (Å²) in [6, 6.07) is 6.40. The summed E-state index contributed by atoms with van der Waals surface area (Å²) in [5, 5.41) is 0. The minimum atomic E-state index is 0.174. The van der Waals surface area contributed by atoms with Gasteiger partial charge in [0.15, 0.2) is 11.5 Å². The topological polar surface area (TPSA) is 62.3 Å². The zero-order chi connectivity index (χ0) is 19.8. The van der Waals surface area contributed by atoms with Crippen LogP contribution in [0.2, 0.25) is 0 Å². The maximum atomic E-state index is 12.9. The maximum absolute atomic E-state index is 12.9. The second-order valence-electron chi connectivity index (χ2n) is 8.51. The van der Waals surface area contributed by atoms with E-state index in [0.29, 0.717) is 45.9 Å². The molecule has 1 aromatic carbocycles. The van der Waals surface area contributed by atoms with Gasteiger partial charge in [0.1, 0.15) is 13.2 Å². The highest BCUT2D eigenvalue weighted by Gasteiger charge is 2.36. The van der Waals surface area contributed by atoms with Crippen molar-refractivity contribution in [3.8, 4) is 11.5 Å². The van der Waals surface area contributed by atoms with Crippen molar-refractivity contribution in [2.75, 3.05) is 52.5 Å². The standard InChI is InChI=1S/C22H29N3O4/c26-21(23-8-10-24(11-9-23)22(27)16-3-4-16)15-25-7-1-2-18(25)17-5-6-19-20(14-17)29-13-12-28-19/h5-6,14,16,18H,1-4,7-13,15H2. The molecule has 1 saturated carbocycles. The van der Waals surface area contributed by atoms with E-state index >= 15 is 0 Å². The number of hydrogen-bond acceptors (Lipinski definition) is 5. The van der Waals surface area contributed by atoms with E-state index < -0.39 is 0 Å². The number of carbonyl (C=O) groups is 2. The van der Waals surface area contributed by atoms with Crippen molar-refractivity contribution in [3.05, 3.63) is 23.8 Å². The van der Waals surface area contributed by atoms with Crippen molar-refractivity contribution in [1.29, 1.82) is 0 Å². The normalized spacial score (nSPS) is 24.6. The quantitative estimate of drug-likeness (QED) is 0.771. The van der Waals surface area contributed by atoms with E-state index in [1.807, 2.05) is 15.9 Å². The van der Waals surface area contributed by atoms with E-state index in [1.165, 1.54) is 5.56 Å². The number of amides is 2. The van der Waals surface area contributed by atoms with Gasteiger partial charge in [0.25, 0.3) is 0 Å². The summed E-state index contributed by atoms with van der Waals surface area (Å²) >= 11 is 0. The van der Waals surface area contributed by atoms with Crippen molar-refractivity contribution in [3.63, 3.8) is 0 Å². The third-order valence-electron chi connectivity index (χ3n) is 6.52. The third kappa shape index (κ3) is 3.92. The largest absolute Gasteiger partial charge is 0.486 e. The minimum absolute atomic E-state index is 0.174. The number of likely N-dealkylation sites (tertiary alicyclic amines) is 1. The van der Waals surface area contributed by atoms with Gasteiger partial charge in [-0.3, -0.25) is 14.5 Å². The van der Waals surface area contributed by atoms with Gasteiger partial charge in [0.05, 0.1) is 6.54 Å². The zero-order valence-corrected chi connectivity index (χ0v) is 16.8. The fourth-order valence-corrected chi connectivity index (χ4v) is 4.70. The number of hydrogen-bond donors (Lipinski definition) is 0. The molecule has 1 atom stereocenters. The lowest BCUT2D eigenvalue weighted by Crippen LogP contribution is -2.52. The molecule has 3 heterocycles.